The molecule has 0 amide bonds. The van der Waals surface area contributed by atoms with Crippen molar-refractivity contribution in [2.45, 2.75) is 32.9 Å². The zero-order chi connectivity index (χ0) is 15.2. The second-order valence-electron chi connectivity index (χ2n) is 5.38. The topological polar surface area (TPSA) is 69.6 Å². The number of benzene rings is 1. The van der Waals surface area contributed by atoms with Crippen molar-refractivity contribution in [1.29, 1.82) is 0 Å². The van der Waals surface area contributed by atoms with Gasteiger partial charge in [0.25, 0.3) is 10.2 Å². The molecule has 1 aromatic carbocycles. The first kappa shape index (κ1) is 17.1. The quantitative estimate of drug-likeness (QED) is 0.761. The Morgan fingerprint density at radius 1 is 1.25 bits per heavy atom. The van der Waals surface area contributed by atoms with Crippen LogP contribution in [0.25, 0.3) is 0 Å². The Hall–Kier alpha value is -0.950. The molecule has 0 aliphatic rings. The predicted octanol–water partition coefficient (Wildman–Crippen LogP) is 1.36. The fourth-order valence-electron chi connectivity index (χ4n) is 1.86. The van der Waals surface area contributed by atoms with E-state index in [0.29, 0.717) is 18.9 Å². The molecule has 0 aromatic heterocycles. The van der Waals surface area contributed by atoms with Crippen molar-refractivity contribution >= 4 is 10.2 Å². The van der Waals surface area contributed by atoms with Crippen LogP contribution >= 0.6 is 0 Å². The fourth-order valence-corrected chi connectivity index (χ4v) is 2.81. The molecule has 0 aliphatic carbocycles. The molecule has 0 saturated heterocycles. The van der Waals surface area contributed by atoms with Gasteiger partial charge in [-0.3, -0.25) is 0 Å². The number of nitrogens with zero attached hydrogens (tertiary/aromatic N) is 1. The van der Waals surface area contributed by atoms with Gasteiger partial charge >= 0.3 is 0 Å². The van der Waals surface area contributed by atoms with Gasteiger partial charge in [0.05, 0.1) is 6.10 Å². The largest absolute Gasteiger partial charge is 0.392 e. The minimum absolute atomic E-state index is 0.0413. The molecule has 1 unspecified atom stereocenters. The van der Waals surface area contributed by atoms with E-state index in [9.17, 15) is 13.5 Å². The molecule has 0 bridgehead atoms. The maximum Gasteiger partial charge on any atom is 0.279 e. The molecule has 1 rings (SSSR count). The second kappa shape index (κ2) is 7.73. The van der Waals surface area contributed by atoms with Crippen molar-refractivity contribution in [3.05, 3.63) is 35.9 Å². The SMILES string of the molecule is CC(C)CC(O)CNS(=O)(=O)N(C)Cc1ccccc1. The van der Waals surface area contributed by atoms with Crippen LogP contribution in [0, 0.1) is 5.92 Å². The summed E-state index contributed by atoms with van der Waals surface area (Å²) < 4.78 is 27.7. The smallest absolute Gasteiger partial charge is 0.279 e. The molecule has 1 atom stereocenters. The van der Waals surface area contributed by atoms with E-state index in [2.05, 4.69) is 4.72 Å². The molecule has 0 spiro atoms. The highest BCUT2D eigenvalue weighted by Crippen LogP contribution is 2.07. The first-order valence-corrected chi connectivity index (χ1v) is 8.18. The lowest BCUT2D eigenvalue weighted by atomic mass is 10.1. The number of hydrogen-bond acceptors (Lipinski definition) is 3. The summed E-state index contributed by atoms with van der Waals surface area (Å²) in [6, 6.07) is 9.38. The number of rotatable bonds is 8. The molecule has 114 valence electrons. The highest BCUT2D eigenvalue weighted by molar-refractivity contribution is 7.87. The zero-order valence-electron chi connectivity index (χ0n) is 12.3. The first-order chi connectivity index (χ1) is 9.31. The van der Waals surface area contributed by atoms with Crippen molar-refractivity contribution in [3.8, 4) is 0 Å². The monoisotopic (exact) mass is 300 g/mol. The Morgan fingerprint density at radius 3 is 2.40 bits per heavy atom. The minimum Gasteiger partial charge on any atom is -0.392 e. The van der Waals surface area contributed by atoms with Gasteiger partial charge in [-0.1, -0.05) is 44.2 Å². The normalized spacial score (nSPS) is 13.9. The number of aliphatic hydroxyl groups excluding tert-OH is 1. The van der Waals surface area contributed by atoms with Crippen molar-refractivity contribution in [3.63, 3.8) is 0 Å². The standard InChI is InChI=1S/C14H24N2O3S/c1-12(2)9-14(17)10-15-20(18,19)16(3)11-13-7-5-4-6-8-13/h4-8,12,14-15,17H,9-11H2,1-3H3. The highest BCUT2D eigenvalue weighted by Gasteiger charge is 2.19. The molecule has 5 nitrogen and oxygen atoms in total. The Balaban J connectivity index is 2.51. The van der Waals surface area contributed by atoms with Crippen LogP contribution in [0.4, 0.5) is 0 Å². The van der Waals surface area contributed by atoms with Crippen LogP contribution in [-0.4, -0.2) is 37.5 Å². The summed E-state index contributed by atoms with van der Waals surface area (Å²) in [6.07, 6.45) is -0.0832. The molecule has 1 aromatic rings. The summed E-state index contributed by atoms with van der Waals surface area (Å²) in [6.45, 7) is 4.31. The maximum atomic E-state index is 12.0. The summed E-state index contributed by atoms with van der Waals surface area (Å²) in [5.74, 6) is 0.330. The van der Waals surface area contributed by atoms with Crippen LogP contribution in [-0.2, 0) is 16.8 Å². The average molecular weight is 300 g/mol. The lowest BCUT2D eigenvalue weighted by Crippen LogP contribution is -2.41. The Labute approximate surface area is 121 Å². The number of aliphatic hydroxyl groups is 1. The lowest BCUT2D eigenvalue weighted by molar-refractivity contribution is 0.152. The molecule has 6 heteroatoms. The van der Waals surface area contributed by atoms with Gasteiger partial charge in [-0.05, 0) is 17.9 Å². The van der Waals surface area contributed by atoms with Crippen LogP contribution < -0.4 is 4.72 Å². The number of hydrogen-bond donors (Lipinski definition) is 2. The highest BCUT2D eigenvalue weighted by atomic mass is 32.2. The van der Waals surface area contributed by atoms with E-state index in [1.807, 2.05) is 44.2 Å². The van der Waals surface area contributed by atoms with Gasteiger partial charge in [0.1, 0.15) is 0 Å². The van der Waals surface area contributed by atoms with E-state index >= 15 is 0 Å². The van der Waals surface area contributed by atoms with Crippen LogP contribution in [0.1, 0.15) is 25.8 Å². The van der Waals surface area contributed by atoms with Crippen molar-refractivity contribution in [2.24, 2.45) is 5.92 Å². The summed E-state index contributed by atoms with van der Waals surface area (Å²) >= 11 is 0. The Morgan fingerprint density at radius 2 is 1.85 bits per heavy atom. The second-order valence-corrected chi connectivity index (χ2v) is 7.24. The van der Waals surface area contributed by atoms with Crippen molar-refractivity contribution in [2.75, 3.05) is 13.6 Å². The summed E-state index contributed by atoms with van der Waals surface area (Å²) in [4.78, 5) is 0. The molecule has 0 aliphatic heterocycles. The lowest BCUT2D eigenvalue weighted by Gasteiger charge is -2.20. The Kier molecular flexibility index (Phi) is 6.61. The van der Waals surface area contributed by atoms with E-state index in [-0.39, 0.29) is 6.54 Å². The van der Waals surface area contributed by atoms with E-state index in [0.717, 1.165) is 5.56 Å². The van der Waals surface area contributed by atoms with Gasteiger partial charge in [-0.15, -0.1) is 0 Å². The molecule has 2 N–H and O–H groups in total. The molecule has 0 radical (unpaired) electrons. The fraction of sp³-hybridized carbons (Fsp3) is 0.571. The third kappa shape index (κ3) is 6.00. The molecule has 0 heterocycles. The number of nitrogens with one attached hydrogen (secondary N) is 1. The van der Waals surface area contributed by atoms with E-state index < -0.39 is 16.3 Å². The third-order valence-corrected chi connectivity index (χ3v) is 4.38. The average Bonchev–Trinajstić information content (AvgIpc) is 2.37. The Bertz CT molecular complexity index is 488. The summed E-state index contributed by atoms with van der Waals surface area (Å²) in [5.41, 5.74) is 0.920. The summed E-state index contributed by atoms with van der Waals surface area (Å²) in [5, 5.41) is 9.71. The molecule has 20 heavy (non-hydrogen) atoms. The van der Waals surface area contributed by atoms with E-state index in [1.54, 1.807) is 0 Å². The first-order valence-electron chi connectivity index (χ1n) is 6.74. The van der Waals surface area contributed by atoms with Gasteiger partial charge in [-0.25, -0.2) is 0 Å². The maximum absolute atomic E-state index is 12.0. The van der Waals surface area contributed by atoms with E-state index in [4.69, 9.17) is 0 Å². The molecule has 0 fully saturated rings. The van der Waals surface area contributed by atoms with Crippen LogP contribution in [0.15, 0.2) is 30.3 Å². The van der Waals surface area contributed by atoms with Crippen molar-refractivity contribution < 1.29 is 13.5 Å². The van der Waals surface area contributed by atoms with E-state index in [1.165, 1.54) is 11.4 Å². The van der Waals surface area contributed by atoms with Crippen LogP contribution in [0.5, 0.6) is 0 Å². The minimum atomic E-state index is -3.57. The zero-order valence-corrected chi connectivity index (χ0v) is 13.1. The third-order valence-electron chi connectivity index (χ3n) is 2.90. The van der Waals surface area contributed by atoms with Crippen LogP contribution in [0.2, 0.25) is 0 Å². The summed E-state index contributed by atoms with van der Waals surface area (Å²) in [7, 11) is -2.05. The van der Waals surface area contributed by atoms with Gasteiger partial charge in [-0.2, -0.15) is 17.4 Å². The van der Waals surface area contributed by atoms with Gasteiger partial charge in [0.2, 0.25) is 0 Å². The molecule has 0 saturated carbocycles. The predicted molar refractivity (Wildman–Crippen MR) is 80.3 cm³/mol. The van der Waals surface area contributed by atoms with Crippen molar-refractivity contribution in [1.82, 2.24) is 9.03 Å². The van der Waals surface area contributed by atoms with Gasteiger partial charge in [0.15, 0.2) is 0 Å². The molecular weight excluding hydrogens is 276 g/mol. The van der Waals surface area contributed by atoms with Gasteiger partial charge in [0, 0.05) is 20.1 Å². The van der Waals surface area contributed by atoms with Crippen LogP contribution in [0.3, 0.4) is 0 Å². The van der Waals surface area contributed by atoms with Gasteiger partial charge < -0.3 is 5.11 Å². The molecular formula is C14H24N2O3S.